The van der Waals surface area contributed by atoms with Crippen molar-refractivity contribution in [3.05, 3.63) is 17.0 Å². The summed E-state index contributed by atoms with van der Waals surface area (Å²) in [6.45, 7) is 14.4. The van der Waals surface area contributed by atoms with Gasteiger partial charge in [-0.1, -0.05) is 0 Å². The van der Waals surface area contributed by atoms with Gasteiger partial charge in [0.2, 0.25) is 0 Å². The summed E-state index contributed by atoms with van der Waals surface area (Å²) in [5.41, 5.74) is 2.96. The maximum atomic E-state index is 11.8. The number of nitrogens with zero attached hydrogens (tertiary/aromatic N) is 3. The molecular weight excluding hydrogens is 318 g/mol. The standard InChI is InChI=1S/C18H33N5O2/c1-9-19-17(20-11-16(24)25-18(5,6)7)21-12(2)10-15-13(3)22-23(8)14(15)4/h12H,9-11H2,1-8H3,(H2,19,20,21). The van der Waals surface area contributed by atoms with Gasteiger partial charge in [-0.15, -0.1) is 0 Å². The number of aromatic nitrogens is 2. The van der Waals surface area contributed by atoms with E-state index >= 15 is 0 Å². The third-order valence-corrected chi connectivity index (χ3v) is 3.68. The van der Waals surface area contributed by atoms with E-state index in [-0.39, 0.29) is 18.6 Å². The van der Waals surface area contributed by atoms with Crippen LogP contribution >= 0.6 is 0 Å². The van der Waals surface area contributed by atoms with Crippen molar-refractivity contribution >= 4 is 11.9 Å². The minimum absolute atomic E-state index is 0.00965. The highest BCUT2D eigenvalue weighted by molar-refractivity contribution is 5.83. The van der Waals surface area contributed by atoms with E-state index in [0.29, 0.717) is 5.96 Å². The minimum atomic E-state index is -0.499. The molecule has 7 heteroatoms. The van der Waals surface area contributed by atoms with Crippen molar-refractivity contribution in [3.8, 4) is 0 Å². The van der Waals surface area contributed by atoms with Crippen LogP contribution in [0.1, 0.15) is 51.6 Å². The molecule has 0 aromatic carbocycles. The van der Waals surface area contributed by atoms with Crippen molar-refractivity contribution in [3.63, 3.8) is 0 Å². The van der Waals surface area contributed by atoms with Crippen molar-refractivity contribution < 1.29 is 9.53 Å². The van der Waals surface area contributed by atoms with Gasteiger partial charge >= 0.3 is 5.97 Å². The Hall–Kier alpha value is -2.05. The molecule has 1 aromatic rings. The van der Waals surface area contributed by atoms with E-state index in [4.69, 9.17) is 4.74 Å². The summed E-state index contributed by atoms with van der Waals surface area (Å²) in [4.78, 5) is 16.2. The average Bonchev–Trinajstić information content (AvgIpc) is 2.70. The Morgan fingerprint density at radius 2 is 2.00 bits per heavy atom. The molecule has 0 aliphatic heterocycles. The van der Waals surface area contributed by atoms with E-state index in [1.54, 1.807) is 0 Å². The second kappa shape index (κ2) is 8.87. The molecule has 0 spiro atoms. The predicted molar refractivity (Wildman–Crippen MR) is 101 cm³/mol. The Bertz CT molecular complexity index is 614. The minimum Gasteiger partial charge on any atom is -0.459 e. The number of aryl methyl sites for hydroxylation is 2. The molecule has 0 saturated carbocycles. The first kappa shape index (κ1) is 21.0. The Balaban J connectivity index is 2.70. The van der Waals surface area contributed by atoms with Crippen molar-refractivity contribution in [1.29, 1.82) is 0 Å². The lowest BCUT2D eigenvalue weighted by atomic mass is 10.1. The topological polar surface area (TPSA) is 80.5 Å². The van der Waals surface area contributed by atoms with E-state index in [9.17, 15) is 4.79 Å². The van der Waals surface area contributed by atoms with E-state index in [1.165, 1.54) is 11.3 Å². The Kier molecular flexibility index (Phi) is 7.45. The Morgan fingerprint density at radius 1 is 1.36 bits per heavy atom. The molecule has 0 aliphatic rings. The molecule has 142 valence electrons. The van der Waals surface area contributed by atoms with E-state index in [2.05, 4.69) is 34.6 Å². The number of carbonyl (C=O) groups is 1. The molecule has 2 N–H and O–H groups in total. The highest BCUT2D eigenvalue weighted by atomic mass is 16.6. The van der Waals surface area contributed by atoms with Crippen molar-refractivity contribution in [2.45, 2.75) is 66.5 Å². The number of hydrogen-bond donors (Lipinski definition) is 2. The van der Waals surface area contributed by atoms with Gasteiger partial charge in [0.15, 0.2) is 5.96 Å². The third-order valence-electron chi connectivity index (χ3n) is 3.68. The molecule has 7 nitrogen and oxygen atoms in total. The van der Waals surface area contributed by atoms with Gasteiger partial charge in [0.05, 0.1) is 5.69 Å². The summed E-state index contributed by atoms with van der Waals surface area (Å²) < 4.78 is 7.19. The van der Waals surface area contributed by atoms with E-state index < -0.39 is 5.60 Å². The number of guanidine groups is 1. The largest absolute Gasteiger partial charge is 0.459 e. The van der Waals surface area contributed by atoms with Crippen molar-refractivity contribution in [2.75, 3.05) is 13.1 Å². The van der Waals surface area contributed by atoms with Gasteiger partial charge in [-0.3, -0.25) is 9.48 Å². The highest BCUT2D eigenvalue weighted by Gasteiger charge is 2.17. The molecule has 0 saturated heterocycles. The maximum absolute atomic E-state index is 11.8. The first-order valence-electron chi connectivity index (χ1n) is 8.79. The smallest absolute Gasteiger partial charge is 0.328 e. The van der Waals surface area contributed by atoms with Gasteiger partial charge < -0.3 is 15.4 Å². The van der Waals surface area contributed by atoms with Crippen LogP contribution in [-0.2, 0) is 23.0 Å². The number of ether oxygens (including phenoxy) is 1. The van der Waals surface area contributed by atoms with Gasteiger partial charge in [0.25, 0.3) is 0 Å². The summed E-state index contributed by atoms with van der Waals surface area (Å²) in [5, 5.41) is 11.0. The summed E-state index contributed by atoms with van der Waals surface area (Å²) in [7, 11) is 1.95. The Morgan fingerprint density at radius 3 is 2.48 bits per heavy atom. The van der Waals surface area contributed by atoms with Crippen LogP contribution in [0.5, 0.6) is 0 Å². The lowest BCUT2D eigenvalue weighted by Crippen LogP contribution is -2.43. The number of carbonyl (C=O) groups excluding carboxylic acids is 1. The van der Waals surface area contributed by atoms with E-state index in [0.717, 1.165) is 18.7 Å². The second-order valence-corrected chi connectivity index (χ2v) is 7.30. The monoisotopic (exact) mass is 351 g/mol. The fraction of sp³-hybridized carbons (Fsp3) is 0.722. The molecule has 0 aliphatic carbocycles. The molecule has 1 unspecified atom stereocenters. The van der Waals surface area contributed by atoms with Crippen LogP contribution in [-0.4, -0.2) is 46.4 Å². The molecular formula is C18H33N5O2. The average molecular weight is 351 g/mol. The molecule has 0 fully saturated rings. The molecule has 1 heterocycles. The zero-order valence-corrected chi connectivity index (χ0v) is 16.9. The first-order valence-corrected chi connectivity index (χ1v) is 8.79. The summed E-state index contributed by atoms with van der Waals surface area (Å²) in [6, 6.07) is 0.151. The van der Waals surface area contributed by atoms with Crippen LogP contribution < -0.4 is 10.6 Å². The van der Waals surface area contributed by atoms with Crippen LogP contribution in [0.25, 0.3) is 0 Å². The van der Waals surface area contributed by atoms with Crippen LogP contribution in [0, 0.1) is 13.8 Å². The fourth-order valence-corrected chi connectivity index (χ4v) is 2.54. The molecule has 1 rings (SSSR count). The molecule has 1 atom stereocenters. The fourth-order valence-electron chi connectivity index (χ4n) is 2.54. The van der Waals surface area contributed by atoms with Gasteiger partial charge in [0, 0.05) is 25.3 Å². The van der Waals surface area contributed by atoms with Gasteiger partial charge in [-0.25, -0.2) is 4.99 Å². The van der Waals surface area contributed by atoms with Crippen molar-refractivity contribution in [2.24, 2.45) is 12.0 Å². The lowest BCUT2D eigenvalue weighted by Gasteiger charge is -2.20. The predicted octanol–water partition coefficient (Wildman–Crippen LogP) is 1.86. The summed E-state index contributed by atoms with van der Waals surface area (Å²) in [5.74, 6) is 0.274. The number of esters is 1. The van der Waals surface area contributed by atoms with Gasteiger partial charge in [0.1, 0.15) is 12.1 Å². The van der Waals surface area contributed by atoms with Crippen LogP contribution in [0.4, 0.5) is 0 Å². The van der Waals surface area contributed by atoms with Gasteiger partial charge in [-0.05, 0) is 60.5 Å². The van der Waals surface area contributed by atoms with Gasteiger partial charge in [-0.2, -0.15) is 5.10 Å². The number of hydrogen-bond acceptors (Lipinski definition) is 4. The third kappa shape index (κ3) is 7.15. The molecule has 0 bridgehead atoms. The van der Waals surface area contributed by atoms with Crippen LogP contribution in [0.15, 0.2) is 4.99 Å². The Labute approximate surface area is 151 Å². The summed E-state index contributed by atoms with van der Waals surface area (Å²) in [6.07, 6.45) is 0.836. The number of aliphatic imine (C=N–C) groups is 1. The number of nitrogens with one attached hydrogen (secondary N) is 2. The maximum Gasteiger partial charge on any atom is 0.328 e. The zero-order valence-electron chi connectivity index (χ0n) is 16.9. The molecule has 1 aromatic heterocycles. The number of rotatable bonds is 6. The lowest BCUT2D eigenvalue weighted by molar-refractivity contribution is -0.152. The first-order chi connectivity index (χ1) is 11.5. The zero-order chi connectivity index (χ0) is 19.2. The quantitative estimate of drug-likeness (QED) is 0.465. The van der Waals surface area contributed by atoms with E-state index in [1.807, 2.05) is 46.3 Å². The normalized spacial score (nSPS) is 13.5. The molecule has 0 radical (unpaired) electrons. The summed E-state index contributed by atoms with van der Waals surface area (Å²) >= 11 is 0. The van der Waals surface area contributed by atoms with Crippen LogP contribution in [0.2, 0.25) is 0 Å². The SMILES string of the molecule is CCNC(=NCC(=O)OC(C)(C)C)NC(C)Cc1c(C)nn(C)c1C. The second-order valence-electron chi connectivity index (χ2n) is 7.30. The highest BCUT2D eigenvalue weighted by Crippen LogP contribution is 2.14. The van der Waals surface area contributed by atoms with Crippen molar-refractivity contribution in [1.82, 2.24) is 20.4 Å². The van der Waals surface area contributed by atoms with Crippen LogP contribution in [0.3, 0.4) is 0 Å². The molecule has 0 amide bonds. The molecule has 25 heavy (non-hydrogen) atoms.